The second-order valence-electron chi connectivity index (χ2n) is 6.79. The lowest BCUT2D eigenvalue weighted by Gasteiger charge is -2.38. The minimum atomic E-state index is 0.498. The van der Waals surface area contributed by atoms with Gasteiger partial charge in [0.15, 0.2) is 0 Å². The van der Waals surface area contributed by atoms with Crippen molar-refractivity contribution in [1.82, 2.24) is 10.2 Å². The van der Waals surface area contributed by atoms with Crippen molar-refractivity contribution in [3.63, 3.8) is 0 Å². The Balaban J connectivity index is 1.49. The van der Waals surface area contributed by atoms with Crippen molar-refractivity contribution < 1.29 is 0 Å². The van der Waals surface area contributed by atoms with Crippen LogP contribution in [0.5, 0.6) is 0 Å². The summed E-state index contributed by atoms with van der Waals surface area (Å²) in [4.78, 5) is 3.94. The zero-order valence-electron chi connectivity index (χ0n) is 12.7. The van der Waals surface area contributed by atoms with Gasteiger partial charge < -0.3 is 10.2 Å². The number of likely N-dealkylation sites (tertiary alicyclic amines) is 1. The highest BCUT2D eigenvalue weighted by molar-refractivity contribution is 7.99. The zero-order valence-corrected chi connectivity index (χ0v) is 13.5. The number of thioether (sulfide) groups is 1. The van der Waals surface area contributed by atoms with E-state index in [1.54, 1.807) is 5.56 Å². The molecule has 2 aliphatic heterocycles. The second-order valence-corrected chi connectivity index (χ2v) is 7.85. The molecule has 1 atom stereocenters. The molecule has 1 N–H and O–H groups in total. The van der Waals surface area contributed by atoms with Crippen LogP contribution < -0.4 is 5.32 Å². The average Bonchev–Trinajstić information content (AvgIpc) is 2.86. The van der Waals surface area contributed by atoms with E-state index in [9.17, 15) is 0 Å². The van der Waals surface area contributed by atoms with Crippen LogP contribution in [0.4, 0.5) is 0 Å². The molecule has 2 nitrogen and oxygen atoms in total. The molecule has 0 bridgehead atoms. The van der Waals surface area contributed by atoms with Crippen molar-refractivity contribution in [1.29, 1.82) is 0 Å². The number of fused-ring (bicyclic) bond motifs is 1. The van der Waals surface area contributed by atoms with E-state index in [0.717, 1.165) is 6.54 Å². The Morgan fingerprint density at radius 2 is 2.05 bits per heavy atom. The lowest BCUT2D eigenvalue weighted by Crippen LogP contribution is -2.42. The minimum Gasteiger partial charge on any atom is -0.316 e. The third-order valence-electron chi connectivity index (χ3n) is 4.94. The van der Waals surface area contributed by atoms with Gasteiger partial charge in [-0.25, -0.2) is 0 Å². The molecule has 20 heavy (non-hydrogen) atoms. The van der Waals surface area contributed by atoms with Crippen LogP contribution in [-0.2, 0) is 0 Å². The predicted octanol–water partition coefficient (Wildman–Crippen LogP) is 3.20. The summed E-state index contributed by atoms with van der Waals surface area (Å²) in [5.74, 6) is 1.94. The molecule has 110 valence electrons. The van der Waals surface area contributed by atoms with Crippen molar-refractivity contribution in [2.75, 3.05) is 39.0 Å². The highest BCUT2D eigenvalue weighted by atomic mass is 32.2. The number of piperidine rings is 1. The van der Waals surface area contributed by atoms with E-state index in [0.29, 0.717) is 11.3 Å². The van der Waals surface area contributed by atoms with Gasteiger partial charge in [0.25, 0.3) is 0 Å². The van der Waals surface area contributed by atoms with Crippen molar-refractivity contribution in [3.8, 4) is 0 Å². The van der Waals surface area contributed by atoms with Gasteiger partial charge >= 0.3 is 0 Å². The van der Waals surface area contributed by atoms with E-state index in [4.69, 9.17) is 0 Å². The molecule has 3 heteroatoms. The highest BCUT2D eigenvalue weighted by Gasteiger charge is 2.29. The van der Waals surface area contributed by atoms with Crippen LogP contribution in [-0.4, -0.2) is 43.9 Å². The number of nitrogens with one attached hydrogen (secondary N) is 1. The van der Waals surface area contributed by atoms with Gasteiger partial charge in [-0.1, -0.05) is 25.1 Å². The van der Waals surface area contributed by atoms with Crippen LogP contribution in [0.15, 0.2) is 29.2 Å². The maximum atomic E-state index is 3.76. The lowest BCUT2D eigenvalue weighted by atomic mass is 9.80. The van der Waals surface area contributed by atoms with Crippen LogP contribution in [0.2, 0.25) is 0 Å². The van der Waals surface area contributed by atoms with E-state index >= 15 is 0 Å². The summed E-state index contributed by atoms with van der Waals surface area (Å²) in [7, 11) is 2.24. The Morgan fingerprint density at radius 1 is 1.30 bits per heavy atom. The standard InChI is InChI=1S/C17H26N2S/c1-17(7-9-19(2)10-8-17)13-18-11-14-12-20-16-6-4-3-5-15(14)16/h3-6,14,18H,7-13H2,1-2H3. The number of rotatable bonds is 4. The molecule has 1 aromatic rings. The van der Waals surface area contributed by atoms with Gasteiger partial charge in [-0.15, -0.1) is 11.8 Å². The van der Waals surface area contributed by atoms with Crippen LogP contribution in [0.1, 0.15) is 31.2 Å². The minimum absolute atomic E-state index is 0.498. The van der Waals surface area contributed by atoms with Crippen molar-refractivity contribution in [2.24, 2.45) is 5.41 Å². The average molecular weight is 290 g/mol. The molecule has 2 aliphatic rings. The number of benzene rings is 1. The molecular formula is C17H26N2S. The number of hydrogen-bond acceptors (Lipinski definition) is 3. The number of hydrogen-bond donors (Lipinski definition) is 1. The van der Waals surface area contributed by atoms with Gasteiger partial charge in [0.2, 0.25) is 0 Å². The molecule has 1 unspecified atom stereocenters. The Morgan fingerprint density at radius 3 is 2.85 bits per heavy atom. The normalized spacial score (nSPS) is 25.6. The van der Waals surface area contributed by atoms with Crippen molar-refractivity contribution in [3.05, 3.63) is 29.8 Å². The molecule has 1 saturated heterocycles. The molecule has 1 fully saturated rings. The summed E-state index contributed by atoms with van der Waals surface area (Å²) in [6, 6.07) is 8.90. The van der Waals surface area contributed by atoms with E-state index in [1.165, 1.54) is 43.1 Å². The maximum Gasteiger partial charge on any atom is 0.0108 e. The monoisotopic (exact) mass is 290 g/mol. The van der Waals surface area contributed by atoms with E-state index in [1.807, 2.05) is 11.8 Å². The first-order valence-corrected chi connectivity index (χ1v) is 8.76. The largest absolute Gasteiger partial charge is 0.316 e. The third-order valence-corrected chi connectivity index (χ3v) is 6.19. The summed E-state index contributed by atoms with van der Waals surface area (Å²) in [5, 5.41) is 3.76. The van der Waals surface area contributed by atoms with Gasteiger partial charge in [0, 0.05) is 29.7 Å². The van der Waals surface area contributed by atoms with Crippen LogP contribution in [0.25, 0.3) is 0 Å². The predicted molar refractivity (Wildman–Crippen MR) is 87.6 cm³/mol. The SMILES string of the molecule is CN1CCC(C)(CNCC2CSc3ccccc32)CC1. The van der Waals surface area contributed by atoms with E-state index < -0.39 is 0 Å². The Kier molecular flexibility index (Phi) is 4.39. The summed E-state index contributed by atoms with van der Waals surface area (Å²) in [6.45, 7) is 7.25. The topological polar surface area (TPSA) is 15.3 Å². The first-order chi connectivity index (χ1) is 9.66. The Hall–Kier alpha value is -0.510. The van der Waals surface area contributed by atoms with Gasteiger partial charge in [0.1, 0.15) is 0 Å². The fourth-order valence-electron chi connectivity index (χ4n) is 3.28. The van der Waals surface area contributed by atoms with Gasteiger partial charge in [-0.3, -0.25) is 0 Å². The Labute approximate surface area is 127 Å². The van der Waals surface area contributed by atoms with Crippen molar-refractivity contribution in [2.45, 2.75) is 30.6 Å². The second kappa shape index (κ2) is 6.08. The maximum absolute atomic E-state index is 3.76. The third kappa shape index (κ3) is 3.21. The first kappa shape index (κ1) is 14.4. The van der Waals surface area contributed by atoms with Crippen LogP contribution >= 0.6 is 11.8 Å². The summed E-state index contributed by atoms with van der Waals surface area (Å²) < 4.78 is 0. The molecule has 0 spiro atoms. The van der Waals surface area contributed by atoms with Gasteiger partial charge in [-0.05, 0) is 50.0 Å². The van der Waals surface area contributed by atoms with Gasteiger partial charge in [-0.2, -0.15) is 0 Å². The van der Waals surface area contributed by atoms with Gasteiger partial charge in [0.05, 0.1) is 0 Å². The summed E-state index contributed by atoms with van der Waals surface area (Å²) >= 11 is 2.01. The molecule has 1 aromatic carbocycles. The van der Waals surface area contributed by atoms with Crippen molar-refractivity contribution >= 4 is 11.8 Å². The molecule has 0 saturated carbocycles. The molecular weight excluding hydrogens is 264 g/mol. The molecule has 0 aromatic heterocycles. The highest BCUT2D eigenvalue weighted by Crippen LogP contribution is 2.39. The number of nitrogens with zero attached hydrogens (tertiary/aromatic N) is 1. The summed E-state index contributed by atoms with van der Waals surface area (Å²) in [5.41, 5.74) is 2.05. The quantitative estimate of drug-likeness (QED) is 0.917. The zero-order chi connectivity index (χ0) is 14.0. The molecule has 3 rings (SSSR count). The fraction of sp³-hybridized carbons (Fsp3) is 0.647. The fourth-order valence-corrected chi connectivity index (χ4v) is 4.54. The first-order valence-electron chi connectivity index (χ1n) is 7.77. The smallest absolute Gasteiger partial charge is 0.0108 e. The molecule has 0 amide bonds. The lowest BCUT2D eigenvalue weighted by molar-refractivity contribution is 0.137. The van der Waals surface area contributed by atoms with Crippen LogP contribution in [0, 0.1) is 5.41 Å². The molecule has 2 heterocycles. The Bertz CT molecular complexity index is 452. The van der Waals surface area contributed by atoms with E-state index in [2.05, 4.69) is 48.5 Å². The van der Waals surface area contributed by atoms with Crippen LogP contribution in [0.3, 0.4) is 0 Å². The molecule has 0 radical (unpaired) electrons. The molecule has 0 aliphatic carbocycles. The summed E-state index contributed by atoms with van der Waals surface area (Å²) in [6.07, 6.45) is 2.65. The van der Waals surface area contributed by atoms with E-state index in [-0.39, 0.29) is 0 Å².